The van der Waals surface area contributed by atoms with Crippen molar-refractivity contribution in [2.75, 3.05) is 18.5 Å². The fourth-order valence-corrected chi connectivity index (χ4v) is 4.21. The normalized spacial score (nSPS) is 15.3. The van der Waals surface area contributed by atoms with E-state index in [1.807, 2.05) is 30.3 Å². The van der Waals surface area contributed by atoms with E-state index in [-0.39, 0.29) is 12.6 Å². The van der Waals surface area contributed by atoms with E-state index in [1.165, 1.54) is 10.4 Å². The molecule has 23 heavy (non-hydrogen) atoms. The third-order valence-corrected chi connectivity index (χ3v) is 5.34. The van der Waals surface area contributed by atoms with E-state index in [1.54, 1.807) is 17.7 Å². The van der Waals surface area contributed by atoms with E-state index in [4.69, 9.17) is 0 Å². The molecule has 0 aliphatic carbocycles. The second kappa shape index (κ2) is 6.23. The van der Waals surface area contributed by atoms with Crippen molar-refractivity contribution in [3.8, 4) is 0 Å². The fraction of sp³-hybridized carbons (Fsp3) is 0.294. The molecule has 3 heterocycles. The highest BCUT2D eigenvalue weighted by atomic mass is 32.1. The van der Waals surface area contributed by atoms with Crippen LogP contribution in [-0.2, 0) is 13.0 Å². The number of hydrogen-bond acceptors (Lipinski definition) is 6. The summed E-state index contributed by atoms with van der Waals surface area (Å²) in [6, 6.07) is 9.79. The van der Waals surface area contributed by atoms with Gasteiger partial charge in [0.2, 0.25) is 0 Å². The number of nitrogens with one attached hydrogen (secondary N) is 2. The predicted octanol–water partition coefficient (Wildman–Crippen LogP) is 2.48. The van der Waals surface area contributed by atoms with Gasteiger partial charge in [-0.3, -0.25) is 0 Å². The lowest BCUT2D eigenvalue weighted by molar-refractivity contribution is 0.276. The Balaban J connectivity index is 1.75. The molecule has 3 aromatic rings. The Labute approximate surface area is 138 Å². The number of aliphatic hydroxyl groups is 1. The number of benzene rings is 1. The van der Waals surface area contributed by atoms with Gasteiger partial charge in [0.05, 0.1) is 18.0 Å². The van der Waals surface area contributed by atoms with E-state index >= 15 is 0 Å². The van der Waals surface area contributed by atoms with Gasteiger partial charge in [0.1, 0.15) is 17.0 Å². The molecule has 1 aliphatic heterocycles. The Morgan fingerprint density at radius 3 is 2.96 bits per heavy atom. The van der Waals surface area contributed by atoms with Crippen LogP contribution in [0, 0.1) is 0 Å². The molecule has 6 heteroatoms. The van der Waals surface area contributed by atoms with Crippen LogP contribution in [0.15, 0.2) is 36.7 Å². The molecule has 0 saturated heterocycles. The van der Waals surface area contributed by atoms with Gasteiger partial charge in [-0.25, -0.2) is 9.97 Å². The van der Waals surface area contributed by atoms with Gasteiger partial charge in [-0.15, -0.1) is 11.3 Å². The Bertz CT molecular complexity index is 818. The molecule has 0 fully saturated rings. The maximum atomic E-state index is 9.79. The fourth-order valence-electron chi connectivity index (χ4n) is 3.05. The van der Waals surface area contributed by atoms with Crippen LogP contribution in [0.4, 0.5) is 5.82 Å². The lowest BCUT2D eigenvalue weighted by atomic mass is 10.0. The molecule has 2 aromatic heterocycles. The van der Waals surface area contributed by atoms with Crippen molar-refractivity contribution in [3.63, 3.8) is 0 Å². The van der Waals surface area contributed by atoms with Crippen LogP contribution in [-0.4, -0.2) is 28.2 Å². The van der Waals surface area contributed by atoms with Crippen molar-refractivity contribution >= 4 is 27.4 Å². The van der Waals surface area contributed by atoms with E-state index in [2.05, 4.69) is 20.6 Å². The number of thiophene rings is 1. The highest BCUT2D eigenvalue weighted by Gasteiger charge is 2.21. The Kier molecular flexibility index (Phi) is 3.95. The molecule has 0 saturated carbocycles. The predicted molar refractivity (Wildman–Crippen MR) is 92.7 cm³/mol. The number of nitrogens with zero attached hydrogens (tertiary/aromatic N) is 2. The maximum absolute atomic E-state index is 9.79. The second-order valence-corrected chi connectivity index (χ2v) is 6.71. The zero-order valence-electron chi connectivity index (χ0n) is 12.6. The van der Waals surface area contributed by atoms with Crippen LogP contribution in [0.1, 0.15) is 22.0 Å². The molecule has 0 amide bonds. The zero-order valence-corrected chi connectivity index (χ0v) is 13.4. The van der Waals surface area contributed by atoms with Gasteiger partial charge >= 0.3 is 0 Å². The quantitative estimate of drug-likeness (QED) is 0.687. The first-order chi connectivity index (χ1) is 11.4. The van der Waals surface area contributed by atoms with Crippen molar-refractivity contribution < 1.29 is 5.11 Å². The van der Waals surface area contributed by atoms with E-state index in [0.29, 0.717) is 0 Å². The minimum absolute atomic E-state index is 0.0173. The lowest BCUT2D eigenvalue weighted by Gasteiger charge is -2.19. The Hall–Kier alpha value is -2.02. The second-order valence-electron chi connectivity index (χ2n) is 5.62. The first-order valence-corrected chi connectivity index (χ1v) is 8.57. The summed E-state index contributed by atoms with van der Waals surface area (Å²) >= 11 is 1.73. The van der Waals surface area contributed by atoms with Gasteiger partial charge in [-0.05, 0) is 24.1 Å². The number of hydrogen-bond donors (Lipinski definition) is 3. The molecule has 0 bridgehead atoms. The number of aliphatic hydroxyl groups excluding tert-OH is 1. The average molecular weight is 326 g/mol. The van der Waals surface area contributed by atoms with Gasteiger partial charge in [0.15, 0.2) is 0 Å². The largest absolute Gasteiger partial charge is 0.394 e. The summed E-state index contributed by atoms with van der Waals surface area (Å²) in [6.07, 6.45) is 2.59. The lowest BCUT2D eigenvalue weighted by Crippen LogP contribution is -2.22. The van der Waals surface area contributed by atoms with Gasteiger partial charge < -0.3 is 15.7 Å². The van der Waals surface area contributed by atoms with Gasteiger partial charge in [-0.2, -0.15) is 0 Å². The van der Waals surface area contributed by atoms with E-state index in [9.17, 15) is 5.11 Å². The number of rotatable bonds is 4. The molecular formula is C17H18N4OS. The zero-order chi connectivity index (χ0) is 15.6. The number of fused-ring (bicyclic) bond motifs is 3. The van der Waals surface area contributed by atoms with E-state index in [0.717, 1.165) is 41.1 Å². The SMILES string of the molecule is OC[C@@H](Nc1ncnc2sc3c(c12)CCNC3)c1ccccc1. The first kappa shape index (κ1) is 14.6. The number of anilines is 1. The molecule has 1 aliphatic rings. The summed E-state index contributed by atoms with van der Waals surface area (Å²) < 4.78 is 0. The highest BCUT2D eigenvalue weighted by molar-refractivity contribution is 7.18. The molecule has 1 aromatic carbocycles. The van der Waals surface area contributed by atoms with Gasteiger partial charge in [0.25, 0.3) is 0 Å². The minimum Gasteiger partial charge on any atom is -0.394 e. The topological polar surface area (TPSA) is 70.1 Å². The summed E-state index contributed by atoms with van der Waals surface area (Å²) in [5, 5.41) is 17.7. The molecule has 3 N–H and O–H groups in total. The van der Waals surface area contributed by atoms with Crippen LogP contribution in [0.3, 0.4) is 0 Å². The number of aromatic nitrogens is 2. The van der Waals surface area contributed by atoms with Crippen molar-refractivity contribution in [3.05, 3.63) is 52.7 Å². The monoisotopic (exact) mass is 326 g/mol. The molecule has 118 valence electrons. The Morgan fingerprint density at radius 2 is 2.13 bits per heavy atom. The van der Waals surface area contributed by atoms with Crippen molar-refractivity contribution in [2.24, 2.45) is 0 Å². The molecular weight excluding hydrogens is 308 g/mol. The van der Waals surface area contributed by atoms with Crippen LogP contribution in [0.2, 0.25) is 0 Å². The van der Waals surface area contributed by atoms with Crippen LogP contribution in [0.25, 0.3) is 10.2 Å². The molecule has 1 atom stereocenters. The third kappa shape index (κ3) is 2.69. The summed E-state index contributed by atoms with van der Waals surface area (Å²) in [5.74, 6) is 0.817. The van der Waals surface area contributed by atoms with Gasteiger partial charge in [-0.1, -0.05) is 30.3 Å². The maximum Gasteiger partial charge on any atom is 0.139 e. The van der Waals surface area contributed by atoms with Crippen LogP contribution >= 0.6 is 11.3 Å². The van der Waals surface area contributed by atoms with Gasteiger partial charge in [0, 0.05) is 11.4 Å². The molecule has 4 rings (SSSR count). The third-order valence-electron chi connectivity index (χ3n) is 4.20. The summed E-state index contributed by atoms with van der Waals surface area (Å²) in [4.78, 5) is 11.2. The Morgan fingerprint density at radius 1 is 1.26 bits per heavy atom. The summed E-state index contributed by atoms with van der Waals surface area (Å²) in [6.45, 7) is 1.90. The van der Waals surface area contributed by atoms with Crippen molar-refractivity contribution in [2.45, 2.75) is 19.0 Å². The van der Waals surface area contributed by atoms with Crippen molar-refractivity contribution in [1.82, 2.24) is 15.3 Å². The minimum atomic E-state index is -0.174. The molecule has 0 unspecified atom stereocenters. The standard InChI is InChI=1S/C17H18N4OS/c22-9-13(11-4-2-1-3-5-11)21-16-15-12-6-7-18-8-14(12)23-17(15)20-10-19-16/h1-5,10,13,18,22H,6-9H2,(H,19,20,21)/t13-/m1/s1. The molecule has 0 spiro atoms. The molecule has 5 nitrogen and oxygen atoms in total. The van der Waals surface area contributed by atoms with Crippen molar-refractivity contribution in [1.29, 1.82) is 0 Å². The average Bonchev–Trinajstić information content (AvgIpc) is 2.99. The van der Waals surface area contributed by atoms with E-state index < -0.39 is 0 Å². The smallest absolute Gasteiger partial charge is 0.139 e. The van der Waals surface area contributed by atoms with Crippen LogP contribution in [0.5, 0.6) is 0 Å². The first-order valence-electron chi connectivity index (χ1n) is 7.75. The van der Waals surface area contributed by atoms with Crippen LogP contribution < -0.4 is 10.6 Å². The summed E-state index contributed by atoms with van der Waals surface area (Å²) in [7, 11) is 0. The molecule has 0 radical (unpaired) electrons. The highest BCUT2D eigenvalue weighted by Crippen LogP contribution is 2.36. The summed E-state index contributed by atoms with van der Waals surface area (Å²) in [5.41, 5.74) is 2.39.